The Morgan fingerprint density at radius 3 is 2.25 bits per heavy atom. The van der Waals surface area contributed by atoms with Gasteiger partial charge in [0.2, 0.25) is 11.8 Å². The maximum atomic E-state index is 13.0. The Bertz CT molecular complexity index is 679. The summed E-state index contributed by atoms with van der Waals surface area (Å²) in [7, 11) is 0. The summed E-state index contributed by atoms with van der Waals surface area (Å²) in [6.45, 7) is 1.30. The number of benzene rings is 1. The standard InChI is InChI=1S/C21H28FN3O2.ClH/c22-16-1-3-17(4-2-16)24-21(27)15-7-9-25(10-8-15)20(26)13-14-11-18-5-6-19(12-14)23-18;/h1-4,14-15,18-19,23H,5-13H2,(H,24,27);1H. The van der Waals surface area contributed by atoms with Crippen LogP contribution in [0.1, 0.15) is 44.9 Å². The van der Waals surface area contributed by atoms with Gasteiger partial charge in [-0.25, -0.2) is 4.39 Å². The van der Waals surface area contributed by atoms with E-state index in [2.05, 4.69) is 10.6 Å². The SMILES string of the molecule is Cl.O=C(Nc1ccc(F)cc1)C1CCN(C(=O)CC2CC3CCC(C2)N3)CC1. The molecule has 3 heterocycles. The molecule has 2 unspecified atom stereocenters. The molecule has 28 heavy (non-hydrogen) atoms. The van der Waals surface area contributed by atoms with Crippen LogP contribution in [0.5, 0.6) is 0 Å². The van der Waals surface area contributed by atoms with Crippen LogP contribution in [0.4, 0.5) is 10.1 Å². The summed E-state index contributed by atoms with van der Waals surface area (Å²) in [6.07, 6.45) is 6.79. The number of carbonyl (C=O) groups excluding carboxylic acids is 2. The lowest BCUT2D eigenvalue weighted by Gasteiger charge is -2.34. The summed E-state index contributed by atoms with van der Waals surface area (Å²) in [4.78, 5) is 27.0. The van der Waals surface area contributed by atoms with Crippen molar-refractivity contribution in [2.45, 2.75) is 57.0 Å². The van der Waals surface area contributed by atoms with Crippen LogP contribution in [0.15, 0.2) is 24.3 Å². The number of piperidine rings is 2. The van der Waals surface area contributed by atoms with Crippen LogP contribution in [0, 0.1) is 17.7 Å². The summed E-state index contributed by atoms with van der Waals surface area (Å²) < 4.78 is 13.0. The van der Waals surface area contributed by atoms with Crippen molar-refractivity contribution in [2.75, 3.05) is 18.4 Å². The quantitative estimate of drug-likeness (QED) is 0.801. The van der Waals surface area contributed by atoms with Crippen molar-refractivity contribution in [1.82, 2.24) is 10.2 Å². The highest BCUT2D eigenvalue weighted by molar-refractivity contribution is 5.92. The minimum atomic E-state index is -0.318. The summed E-state index contributed by atoms with van der Waals surface area (Å²) in [5.74, 6) is 0.313. The first-order valence-electron chi connectivity index (χ1n) is 10.2. The van der Waals surface area contributed by atoms with Crippen LogP contribution in [0.3, 0.4) is 0 Å². The fourth-order valence-corrected chi connectivity index (χ4v) is 4.89. The van der Waals surface area contributed by atoms with Crippen molar-refractivity contribution < 1.29 is 14.0 Å². The molecule has 1 aromatic carbocycles. The average Bonchev–Trinajstić information content (AvgIpc) is 3.02. The Kier molecular flexibility index (Phi) is 6.94. The molecule has 4 rings (SSSR count). The van der Waals surface area contributed by atoms with Gasteiger partial charge in [0, 0.05) is 43.2 Å². The monoisotopic (exact) mass is 409 g/mol. The molecule has 2 bridgehead atoms. The molecule has 0 radical (unpaired) electrons. The molecule has 7 heteroatoms. The van der Waals surface area contributed by atoms with Crippen molar-refractivity contribution in [3.8, 4) is 0 Å². The second-order valence-corrected chi connectivity index (χ2v) is 8.33. The number of halogens is 2. The van der Waals surface area contributed by atoms with Gasteiger partial charge in [-0.15, -0.1) is 12.4 Å². The highest BCUT2D eigenvalue weighted by atomic mass is 35.5. The third-order valence-corrected chi connectivity index (χ3v) is 6.36. The Morgan fingerprint density at radius 1 is 1.04 bits per heavy atom. The van der Waals surface area contributed by atoms with Crippen LogP contribution in [-0.4, -0.2) is 41.9 Å². The van der Waals surface area contributed by atoms with E-state index in [0.717, 1.165) is 12.8 Å². The fourth-order valence-electron chi connectivity index (χ4n) is 4.89. The van der Waals surface area contributed by atoms with Gasteiger partial charge in [-0.05, 0) is 68.7 Å². The molecule has 0 spiro atoms. The van der Waals surface area contributed by atoms with Gasteiger partial charge in [0.15, 0.2) is 0 Å². The van der Waals surface area contributed by atoms with Crippen LogP contribution in [0.25, 0.3) is 0 Å². The molecule has 154 valence electrons. The molecule has 2 N–H and O–H groups in total. The zero-order valence-corrected chi connectivity index (χ0v) is 16.8. The van der Waals surface area contributed by atoms with Gasteiger partial charge >= 0.3 is 0 Å². The van der Waals surface area contributed by atoms with Gasteiger partial charge in [-0.3, -0.25) is 9.59 Å². The molecule has 0 aromatic heterocycles. The van der Waals surface area contributed by atoms with Crippen molar-refractivity contribution in [3.05, 3.63) is 30.1 Å². The van der Waals surface area contributed by atoms with Crippen LogP contribution in [-0.2, 0) is 9.59 Å². The molecule has 1 aromatic rings. The van der Waals surface area contributed by atoms with Gasteiger partial charge in [0.1, 0.15) is 5.82 Å². The maximum absolute atomic E-state index is 13.0. The molecule has 3 fully saturated rings. The molecule has 3 aliphatic heterocycles. The fraction of sp³-hybridized carbons (Fsp3) is 0.619. The number of likely N-dealkylation sites (tertiary alicyclic amines) is 1. The third-order valence-electron chi connectivity index (χ3n) is 6.36. The van der Waals surface area contributed by atoms with Crippen molar-refractivity contribution >= 4 is 29.9 Å². The maximum Gasteiger partial charge on any atom is 0.227 e. The Morgan fingerprint density at radius 2 is 1.64 bits per heavy atom. The number of rotatable bonds is 4. The molecular weight excluding hydrogens is 381 g/mol. The van der Waals surface area contributed by atoms with Crippen molar-refractivity contribution in [3.63, 3.8) is 0 Å². The van der Waals surface area contributed by atoms with E-state index >= 15 is 0 Å². The summed E-state index contributed by atoms with van der Waals surface area (Å²) in [5, 5.41) is 6.47. The van der Waals surface area contributed by atoms with Crippen LogP contribution >= 0.6 is 12.4 Å². The third kappa shape index (κ3) is 5.03. The minimum Gasteiger partial charge on any atom is -0.343 e. The number of nitrogens with zero attached hydrogens (tertiary/aromatic N) is 1. The lowest BCUT2D eigenvalue weighted by Crippen LogP contribution is -2.44. The number of anilines is 1. The predicted octanol–water partition coefficient (Wildman–Crippen LogP) is 3.35. The average molecular weight is 410 g/mol. The smallest absolute Gasteiger partial charge is 0.227 e. The summed E-state index contributed by atoms with van der Waals surface area (Å²) >= 11 is 0. The van der Waals surface area contributed by atoms with Crippen LogP contribution < -0.4 is 10.6 Å². The van der Waals surface area contributed by atoms with E-state index in [1.165, 1.54) is 25.0 Å². The minimum absolute atomic E-state index is 0. The number of carbonyl (C=O) groups is 2. The van der Waals surface area contributed by atoms with E-state index in [9.17, 15) is 14.0 Å². The van der Waals surface area contributed by atoms with E-state index in [0.29, 0.717) is 56.0 Å². The Hall–Kier alpha value is -1.66. The number of nitrogens with one attached hydrogen (secondary N) is 2. The molecule has 5 nitrogen and oxygen atoms in total. The van der Waals surface area contributed by atoms with Gasteiger partial charge in [-0.1, -0.05) is 0 Å². The first kappa shape index (κ1) is 21.1. The molecule has 0 aliphatic carbocycles. The summed E-state index contributed by atoms with van der Waals surface area (Å²) in [6, 6.07) is 7.04. The zero-order chi connectivity index (χ0) is 18.8. The van der Waals surface area contributed by atoms with Crippen molar-refractivity contribution in [1.29, 1.82) is 0 Å². The number of hydrogen-bond acceptors (Lipinski definition) is 3. The first-order valence-corrected chi connectivity index (χ1v) is 10.2. The second kappa shape index (κ2) is 9.23. The summed E-state index contributed by atoms with van der Waals surface area (Å²) in [5.41, 5.74) is 0.612. The Balaban J connectivity index is 0.00000225. The van der Waals surface area contributed by atoms with E-state index in [1.54, 1.807) is 12.1 Å². The van der Waals surface area contributed by atoms with Crippen LogP contribution in [0.2, 0.25) is 0 Å². The Labute approximate surface area is 171 Å². The highest BCUT2D eigenvalue weighted by Gasteiger charge is 2.35. The lowest BCUT2D eigenvalue weighted by atomic mass is 9.88. The molecule has 0 saturated carbocycles. The zero-order valence-electron chi connectivity index (χ0n) is 16.0. The normalized spacial score (nSPS) is 27.2. The topological polar surface area (TPSA) is 61.4 Å². The van der Waals surface area contributed by atoms with Gasteiger partial charge in [0.25, 0.3) is 0 Å². The first-order chi connectivity index (χ1) is 13.1. The molecular formula is C21H29ClFN3O2. The second-order valence-electron chi connectivity index (χ2n) is 8.33. The molecule has 3 aliphatic rings. The van der Waals surface area contributed by atoms with E-state index in [1.807, 2.05) is 4.90 Å². The molecule has 3 saturated heterocycles. The van der Waals surface area contributed by atoms with Crippen molar-refractivity contribution in [2.24, 2.45) is 11.8 Å². The number of fused-ring (bicyclic) bond motifs is 2. The molecule has 2 amide bonds. The van der Waals surface area contributed by atoms with Gasteiger partial charge in [0.05, 0.1) is 0 Å². The predicted molar refractivity (Wildman–Crippen MR) is 109 cm³/mol. The molecule has 2 atom stereocenters. The van der Waals surface area contributed by atoms with Gasteiger partial charge < -0.3 is 15.5 Å². The lowest BCUT2D eigenvalue weighted by molar-refractivity contribution is -0.135. The largest absolute Gasteiger partial charge is 0.343 e. The van der Waals surface area contributed by atoms with E-state index in [4.69, 9.17) is 0 Å². The van der Waals surface area contributed by atoms with Gasteiger partial charge in [-0.2, -0.15) is 0 Å². The number of amides is 2. The number of hydrogen-bond donors (Lipinski definition) is 2. The van der Waals surface area contributed by atoms with E-state index in [-0.39, 0.29) is 36.0 Å². The van der Waals surface area contributed by atoms with E-state index < -0.39 is 0 Å². The highest BCUT2D eigenvalue weighted by Crippen LogP contribution is 2.33.